The zero-order chi connectivity index (χ0) is 15.2. The van der Waals surface area contributed by atoms with Gasteiger partial charge in [0.15, 0.2) is 0 Å². The molecule has 5 nitrogen and oxygen atoms in total. The van der Waals surface area contributed by atoms with Gasteiger partial charge in [0, 0.05) is 18.4 Å². The Bertz CT molecular complexity index is 641. The summed E-state index contributed by atoms with van der Waals surface area (Å²) >= 11 is 0. The Morgan fingerprint density at radius 2 is 2.14 bits per heavy atom. The van der Waals surface area contributed by atoms with Crippen LogP contribution in [0.4, 0.5) is 5.69 Å². The lowest BCUT2D eigenvalue weighted by atomic mass is 10.2. The van der Waals surface area contributed by atoms with E-state index in [4.69, 9.17) is 9.84 Å². The van der Waals surface area contributed by atoms with Crippen molar-refractivity contribution in [2.75, 3.05) is 18.5 Å². The number of aromatic carboxylic acids is 1. The number of carboxylic acid groups (broad SMARTS) is 1. The van der Waals surface area contributed by atoms with Crippen molar-refractivity contribution in [3.8, 4) is 5.75 Å². The molecule has 1 heterocycles. The second-order valence-electron chi connectivity index (χ2n) is 4.77. The summed E-state index contributed by atoms with van der Waals surface area (Å²) in [6, 6.07) is 9.51. The Kier molecular flexibility index (Phi) is 4.77. The molecule has 2 rings (SSSR count). The van der Waals surface area contributed by atoms with Crippen molar-refractivity contribution in [2.24, 2.45) is 0 Å². The summed E-state index contributed by atoms with van der Waals surface area (Å²) in [6.07, 6.45) is 1.36. The van der Waals surface area contributed by atoms with Crippen LogP contribution in [0.1, 0.15) is 21.6 Å². The Hall–Kier alpha value is -2.56. The van der Waals surface area contributed by atoms with Crippen LogP contribution in [-0.4, -0.2) is 29.2 Å². The van der Waals surface area contributed by atoms with Crippen LogP contribution in [-0.2, 0) is 0 Å². The molecule has 1 aromatic heterocycles. The van der Waals surface area contributed by atoms with Gasteiger partial charge in [-0.1, -0.05) is 12.1 Å². The summed E-state index contributed by atoms with van der Waals surface area (Å²) in [6.45, 7) is 4.78. The number of nitrogens with zero attached hydrogens (tertiary/aromatic N) is 1. The molecular weight excluding hydrogens is 268 g/mol. The number of rotatable bonds is 6. The highest BCUT2D eigenvalue weighted by Gasteiger charge is 2.10. The van der Waals surface area contributed by atoms with Gasteiger partial charge in [-0.25, -0.2) is 4.79 Å². The molecule has 0 aliphatic heterocycles. The van der Waals surface area contributed by atoms with Gasteiger partial charge in [-0.2, -0.15) is 0 Å². The summed E-state index contributed by atoms with van der Waals surface area (Å²) in [5, 5.41) is 12.2. The van der Waals surface area contributed by atoms with Gasteiger partial charge in [0.05, 0.1) is 5.69 Å². The van der Waals surface area contributed by atoms with Crippen LogP contribution in [0, 0.1) is 13.8 Å². The van der Waals surface area contributed by atoms with E-state index in [1.54, 1.807) is 6.07 Å². The average Bonchev–Trinajstić information content (AvgIpc) is 2.43. The Balaban J connectivity index is 1.91. The summed E-state index contributed by atoms with van der Waals surface area (Å²) in [5.41, 5.74) is 2.62. The first-order chi connectivity index (χ1) is 10.1. The van der Waals surface area contributed by atoms with Crippen LogP contribution >= 0.6 is 0 Å². The van der Waals surface area contributed by atoms with Crippen LogP contribution in [0.2, 0.25) is 0 Å². The van der Waals surface area contributed by atoms with Crippen LogP contribution in [0.15, 0.2) is 36.5 Å². The van der Waals surface area contributed by atoms with E-state index in [-0.39, 0.29) is 5.56 Å². The van der Waals surface area contributed by atoms with Gasteiger partial charge < -0.3 is 15.2 Å². The number of aromatic nitrogens is 1. The van der Waals surface area contributed by atoms with E-state index in [2.05, 4.69) is 10.3 Å². The first kappa shape index (κ1) is 14.8. The number of nitrogens with one attached hydrogen (secondary N) is 1. The molecule has 0 atom stereocenters. The predicted octanol–water partition coefficient (Wildman–Crippen LogP) is 2.89. The second-order valence-corrected chi connectivity index (χ2v) is 4.77. The topological polar surface area (TPSA) is 71.5 Å². The molecule has 1 aromatic carbocycles. The van der Waals surface area contributed by atoms with Crippen LogP contribution in [0.5, 0.6) is 5.75 Å². The third-order valence-electron chi connectivity index (χ3n) is 2.95. The minimum Gasteiger partial charge on any atom is -0.492 e. The standard InChI is InChI=1S/C16H18N2O3/c1-11-4-3-5-13(8-11)21-7-6-17-15-9-12(2)18-10-14(15)16(19)20/h3-5,8-10H,6-7H2,1-2H3,(H,17,18)(H,19,20). The third-order valence-corrected chi connectivity index (χ3v) is 2.95. The van der Waals surface area contributed by atoms with Crippen molar-refractivity contribution in [3.63, 3.8) is 0 Å². The molecule has 0 amide bonds. The van der Waals surface area contributed by atoms with Gasteiger partial charge in [-0.15, -0.1) is 0 Å². The smallest absolute Gasteiger partial charge is 0.339 e. The van der Waals surface area contributed by atoms with Crippen molar-refractivity contribution in [1.82, 2.24) is 4.98 Å². The molecular formula is C16H18N2O3. The highest BCUT2D eigenvalue weighted by Crippen LogP contribution is 2.16. The number of anilines is 1. The fraction of sp³-hybridized carbons (Fsp3) is 0.250. The number of aryl methyl sites for hydroxylation is 2. The van der Waals surface area contributed by atoms with Gasteiger partial charge in [0.1, 0.15) is 17.9 Å². The third kappa shape index (κ3) is 4.21. The van der Waals surface area contributed by atoms with Crippen LogP contribution in [0.3, 0.4) is 0 Å². The molecule has 5 heteroatoms. The quantitative estimate of drug-likeness (QED) is 0.799. The van der Waals surface area contributed by atoms with E-state index in [1.807, 2.05) is 38.1 Å². The lowest BCUT2D eigenvalue weighted by molar-refractivity contribution is 0.0697. The zero-order valence-electron chi connectivity index (χ0n) is 12.1. The number of benzene rings is 1. The monoisotopic (exact) mass is 286 g/mol. The average molecular weight is 286 g/mol. The van der Waals surface area contributed by atoms with Gasteiger partial charge in [0.2, 0.25) is 0 Å². The van der Waals surface area contributed by atoms with Crippen molar-refractivity contribution in [1.29, 1.82) is 0 Å². The molecule has 21 heavy (non-hydrogen) atoms. The lowest BCUT2D eigenvalue weighted by Gasteiger charge is -2.11. The van der Waals surface area contributed by atoms with Gasteiger partial charge >= 0.3 is 5.97 Å². The Labute approximate surface area is 123 Å². The van der Waals surface area contributed by atoms with Crippen LogP contribution < -0.4 is 10.1 Å². The van der Waals surface area contributed by atoms with Crippen molar-refractivity contribution < 1.29 is 14.6 Å². The minimum absolute atomic E-state index is 0.163. The zero-order valence-corrected chi connectivity index (χ0v) is 12.1. The molecule has 0 aliphatic rings. The molecule has 0 radical (unpaired) electrons. The number of hydrogen-bond acceptors (Lipinski definition) is 4. The molecule has 0 saturated carbocycles. The van der Waals surface area contributed by atoms with Crippen molar-refractivity contribution in [2.45, 2.75) is 13.8 Å². The molecule has 0 unspecified atom stereocenters. The maximum atomic E-state index is 11.1. The molecule has 2 N–H and O–H groups in total. The number of ether oxygens (including phenoxy) is 1. The van der Waals surface area contributed by atoms with Gasteiger partial charge in [-0.3, -0.25) is 4.98 Å². The van der Waals surface area contributed by atoms with E-state index in [0.717, 1.165) is 17.0 Å². The minimum atomic E-state index is -0.996. The molecule has 0 fully saturated rings. The van der Waals surface area contributed by atoms with E-state index >= 15 is 0 Å². The van der Waals surface area contributed by atoms with Crippen molar-refractivity contribution in [3.05, 3.63) is 53.3 Å². The van der Waals surface area contributed by atoms with Crippen LogP contribution in [0.25, 0.3) is 0 Å². The fourth-order valence-corrected chi connectivity index (χ4v) is 1.94. The normalized spacial score (nSPS) is 10.2. The van der Waals surface area contributed by atoms with Crippen molar-refractivity contribution >= 4 is 11.7 Å². The molecule has 0 spiro atoms. The molecule has 2 aromatic rings. The summed E-state index contributed by atoms with van der Waals surface area (Å²) < 4.78 is 5.61. The number of carboxylic acids is 1. The molecule has 0 bridgehead atoms. The SMILES string of the molecule is Cc1cccc(OCCNc2cc(C)ncc2C(=O)O)c1. The first-order valence-electron chi connectivity index (χ1n) is 6.69. The maximum Gasteiger partial charge on any atom is 0.339 e. The molecule has 110 valence electrons. The summed E-state index contributed by atoms with van der Waals surface area (Å²) in [4.78, 5) is 15.1. The van der Waals surface area contributed by atoms with E-state index in [1.165, 1.54) is 6.20 Å². The van der Waals surface area contributed by atoms with E-state index in [0.29, 0.717) is 18.8 Å². The Morgan fingerprint density at radius 3 is 2.86 bits per heavy atom. The molecule has 0 aliphatic carbocycles. The van der Waals surface area contributed by atoms with E-state index < -0.39 is 5.97 Å². The number of hydrogen-bond donors (Lipinski definition) is 2. The highest BCUT2D eigenvalue weighted by atomic mass is 16.5. The molecule has 0 saturated heterocycles. The summed E-state index contributed by atoms with van der Waals surface area (Å²) in [5.74, 6) is -0.189. The fourth-order valence-electron chi connectivity index (χ4n) is 1.94. The largest absolute Gasteiger partial charge is 0.492 e. The lowest BCUT2D eigenvalue weighted by Crippen LogP contribution is -2.14. The predicted molar refractivity (Wildman–Crippen MR) is 81.1 cm³/mol. The number of pyridine rings is 1. The first-order valence-corrected chi connectivity index (χ1v) is 6.69. The Morgan fingerprint density at radius 1 is 1.33 bits per heavy atom. The maximum absolute atomic E-state index is 11.1. The summed E-state index contributed by atoms with van der Waals surface area (Å²) in [7, 11) is 0. The number of carbonyl (C=O) groups is 1. The highest BCUT2D eigenvalue weighted by molar-refractivity contribution is 5.93. The second kappa shape index (κ2) is 6.74. The van der Waals surface area contributed by atoms with E-state index in [9.17, 15) is 4.79 Å². The van der Waals surface area contributed by atoms with Gasteiger partial charge in [0.25, 0.3) is 0 Å². The van der Waals surface area contributed by atoms with Gasteiger partial charge in [-0.05, 0) is 37.6 Å².